The van der Waals surface area contributed by atoms with Gasteiger partial charge >= 0.3 is 0 Å². The zero-order chi connectivity index (χ0) is 13.9. The van der Waals surface area contributed by atoms with E-state index in [-0.39, 0.29) is 5.60 Å². The Morgan fingerprint density at radius 2 is 2.26 bits per heavy atom. The number of pyridine rings is 1. The first-order valence-electron chi connectivity index (χ1n) is 6.90. The fourth-order valence-electron chi connectivity index (χ4n) is 2.66. The zero-order valence-electron chi connectivity index (χ0n) is 11.6. The molecule has 4 nitrogen and oxygen atoms in total. The molecule has 0 bridgehead atoms. The van der Waals surface area contributed by atoms with Crippen LogP contribution < -0.4 is 11.1 Å². The molecule has 1 aliphatic rings. The molecule has 0 amide bonds. The molecule has 1 unspecified atom stereocenters. The Balaban J connectivity index is 2.06. The fraction of sp³-hybridized carbons (Fsp3) is 0.643. The number of nitrogens with two attached hydrogens (primary N) is 1. The van der Waals surface area contributed by atoms with Crippen LogP contribution in [0.15, 0.2) is 12.3 Å². The molecule has 0 radical (unpaired) electrons. The number of aromatic nitrogens is 1. The van der Waals surface area contributed by atoms with Crippen molar-refractivity contribution >= 4 is 23.1 Å². The summed E-state index contributed by atoms with van der Waals surface area (Å²) >= 11 is 5.86. The molecule has 19 heavy (non-hydrogen) atoms. The SMILES string of the molecule is CCC1(CC)CC(Nc2ncc(Cl)cc2N)CCO1. The smallest absolute Gasteiger partial charge is 0.149 e. The highest BCUT2D eigenvalue weighted by Gasteiger charge is 2.34. The molecule has 1 aromatic heterocycles. The number of hydrogen-bond acceptors (Lipinski definition) is 4. The van der Waals surface area contributed by atoms with Crippen molar-refractivity contribution < 1.29 is 4.74 Å². The van der Waals surface area contributed by atoms with E-state index in [1.807, 2.05) is 0 Å². The highest BCUT2D eigenvalue weighted by atomic mass is 35.5. The highest BCUT2D eigenvalue weighted by molar-refractivity contribution is 6.30. The maximum absolute atomic E-state index is 5.97. The van der Waals surface area contributed by atoms with Crippen molar-refractivity contribution in [1.82, 2.24) is 4.98 Å². The summed E-state index contributed by atoms with van der Waals surface area (Å²) in [6.45, 7) is 5.15. The van der Waals surface area contributed by atoms with Crippen molar-refractivity contribution in [2.24, 2.45) is 0 Å². The third-order valence-corrected chi connectivity index (χ3v) is 4.21. The summed E-state index contributed by atoms with van der Waals surface area (Å²) in [7, 11) is 0. The molecular weight excluding hydrogens is 262 g/mol. The van der Waals surface area contributed by atoms with Crippen LogP contribution in [0.5, 0.6) is 0 Å². The molecule has 5 heteroatoms. The third-order valence-electron chi connectivity index (χ3n) is 4.01. The van der Waals surface area contributed by atoms with Crippen molar-refractivity contribution in [3.8, 4) is 0 Å². The summed E-state index contributed by atoms with van der Waals surface area (Å²) in [5.74, 6) is 0.720. The number of hydrogen-bond donors (Lipinski definition) is 2. The van der Waals surface area contributed by atoms with Gasteiger partial charge < -0.3 is 15.8 Å². The largest absolute Gasteiger partial charge is 0.396 e. The van der Waals surface area contributed by atoms with Gasteiger partial charge in [0.2, 0.25) is 0 Å². The fourth-order valence-corrected chi connectivity index (χ4v) is 2.83. The van der Waals surface area contributed by atoms with Gasteiger partial charge in [0.05, 0.1) is 16.3 Å². The number of rotatable bonds is 4. The molecule has 0 spiro atoms. The summed E-state index contributed by atoms with van der Waals surface area (Å²) in [6, 6.07) is 2.08. The molecule has 1 saturated heterocycles. The summed E-state index contributed by atoms with van der Waals surface area (Å²) in [5.41, 5.74) is 6.52. The van der Waals surface area contributed by atoms with E-state index in [1.165, 1.54) is 0 Å². The molecule has 2 heterocycles. The van der Waals surface area contributed by atoms with Gasteiger partial charge in [-0.3, -0.25) is 0 Å². The molecule has 3 N–H and O–H groups in total. The maximum Gasteiger partial charge on any atom is 0.149 e. The third kappa shape index (κ3) is 3.31. The predicted octanol–water partition coefficient (Wildman–Crippen LogP) is 3.47. The molecular formula is C14H22ClN3O. The maximum atomic E-state index is 5.97. The van der Waals surface area contributed by atoms with Crippen LogP contribution in [0.4, 0.5) is 11.5 Å². The number of ether oxygens (including phenoxy) is 1. The zero-order valence-corrected chi connectivity index (χ0v) is 12.3. The Labute approximate surface area is 119 Å². The van der Waals surface area contributed by atoms with E-state index < -0.39 is 0 Å². The van der Waals surface area contributed by atoms with Gasteiger partial charge in [0.15, 0.2) is 0 Å². The van der Waals surface area contributed by atoms with E-state index in [0.717, 1.165) is 38.1 Å². The number of nitrogens with one attached hydrogen (secondary N) is 1. The van der Waals surface area contributed by atoms with E-state index in [9.17, 15) is 0 Å². The Kier molecular flexibility index (Phi) is 4.53. The topological polar surface area (TPSA) is 60.2 Å². The summed E-state index contributed by atoms with van der Waals surface area (Å²) in [5, 5.41) is 3.99. The lowest BCUT2D eigenvalue weighted by atomic mass is 9.86. The van der Waals surface area contributed by atoms with Gasteiger partial charge in [0.25, 0.3) is 0 Å². The minimum Gasteiger partial charge on any atom is -0.396 e. The quantitative estimate of drug-likeness (QED) is 0.888. The van der Waals surface area contributed by atoms with Crippen LogP contribution >= 0.6 is 11.6 Å². The van der Waals surface area contributed by atoms with E-state index >= 15 is 0 Å². The average molecular weight is 284 g/mol. The number of halogens is 1. The van der Waals surface area contributed by atoms with E-state index in [0.29, 0.717) is 16.8 Å². The van der Waals surface area contributed by atoms with E-state index in [1.54, 1.807) is 12.3 Å². The summed E-state index contributed by atoms with van der Waals surface area (Å²) < 4.78 is 5.97. The molecule has 1 aliphatic heterocycles. The van der Waals surface area contributed by atoms with E-state index in [2.05, 4.69) is 24.1 Å². The minimum atomic E-state index is -0.00287. The van der Waals surface area contributed by atoms with Crippen LogP contribution in [0, 0.1) is 0 Å². The first-order chi connectivity index (χ1) is 9.08. The van der Waals surface area contributed by atoms with Gasteiger partial charge in [-0.05, 0) is 31.7 Å². The lowest BCUT2D eigenvalue weighted by Gasteiger charge is -2.40. The Morgan fingerprint density at radius 1 is 1.53 bits per heavy atom. The second-order valence-corrected chi connectivity index (χ2v) is 5.60. The number of nitrogens with zero attached hydrogens (tertiary/aromatic N) is 1. The van der Waals surface area contributed by atoms with Crippen molar-refractivity contribution in [2.75, 3.05) is 17.7 Å². The number of anilines is 2. The number of nitrogen functional groups attached to an aromatic ring is 1. The highest BCUT2D eigenvalue weighted by Crippen LogP contribution is 2.33. The van der Waals surface area contributed by atoms with Gasteiger partial charge in [-0.15, -0.1) is 0 Å². The molecule has 1 aromatic rings. The normalized spacial score (nSPS) is 22.2. The lowest BCUT2D eigenvalue weighted by molar-refractivity contribution is -0.0864. The average Bonchev–Trinajstić information content (AvgIpc) is 2.42. The molecule has 2 rings (SSSR count). The van der Waals surface area contributed by atoms with Crippen molar-refractivity contribution in [3.05, 3.63) is 17.3 Å². The van der Waals surface area contributed by atoms with Crippen LogP contribution in [0.1, 0.15) is 39.5 Å². The van der Waals surface area contributed by atoms with Crippen molar-refractivity contribution in [2.45, 2.75) is 51.2 Å². The Bertz CT molecular complexity index is 435. The molecule has 1 atom stereocenters. The van der Waals surface area contributed by atoms with Crippen LogP contribution in [-0.2, 0) is 4.74 Å². The van der Waals surface area contributed by atoms with Gasteiger partial charge in [-0.1, -0.05) is 25.4 Å². The van der Waals surface area contributed by atoms with Crippen LogP contribution in [-0.4, -0.2) is 23.2 Å². The summed E-state index contributed by atoms with van der Waals surface area (Å²) in [4.78, 5) is 4.26. The first-order valence-corrected chi connectivity index (χ1v) is 7.28. The second kappa shape index (κ2) is 5.97. The van der Waals surface area contributed by atoms with Crippen molar-refractivity contribution in [1.29, 1.82) is 0 Å². The molecule has 1 fully saturated rings. The second-order valence-electron chi connectivity index (χ2n) is 5.16. The summed E-state index contributed by atoms with van der Waals surface area (Å²) in [6.07, 6.45) is 5.65. The lowest BCUT2D eigenvalue weighted by Crippen LogP contribution is -2.43. The molecule has 0 aliphatic carbocycles. The van der Waals surface area contributed by atoms with Gasteiger partial charge in [0, 0.05) is 18.8 Å². The molecule has 0 aromatic carbocycles. The first kappa shape index (κ1) is 14.4. The van der Waals surface area contributed by atoms with Crippen LogP contribution in [0.2, 0.25) is 5.02 Å². The standard InChI is InChI=1S/C14H22ClN3O/c1-3-14(4-2)8-11(5-6-19-14)18-13-12(16)7-10(15)9-17-13/h7,9,11H,3-6,8,16H2,1-2H3,(H,17,18). The molecule has 106 valence electrons. The van der Waals surface area contributed by atoms with Gasteiger partial charge in [-0.25, -0.2) is 4.98 Å². The van der Waals surface area contributed by atoms with Crippen LogP contribution in [0.3, 0.4) is 0 Å². The molecule has 0 saturated carbocycles. The monoisotopic (exact) mass is 283 g/mol. The minimum absolute atomic E-state index is 0.00287. The van der Waals surface area contributed by atoms with E-state index in [4.69, 9.17) is 22.1 Å². The van der Waals surface area contributed by atoms with Gasteiger partial charge in [-0.2, -0.15) is 0 Å². The Hall–Kier alpha value is -1.00. The Morgan fingerprint density at radius 3 is 2.89 bits per heavy atom. The van der Waals surface area contributed by atoms with Gasteiger partial charge in [0.1, 0.15) is 5.82 Å². The predicted molar refractivity (Wildman–Crippen MR) is 79.6 cm³/mol. The van der Waals surface area contributed by atoms with Crippen molar-refractivity contribution in [3.63, 3.8) is 0 Å². The van der Waals surface area contributed by atoms with Crippen LogP contribution in [0.25, 0.3) is 0 Å².